The summed E-state index contributed by atoms with van der Waals surface area (Å²) >= 11 is 0. The highest BCUT2D eigenvalue weighted by Gasteiger charge is 2.24. The van der Waals surface area contributed by atoms with Gasteiger partial charge in [-0.05, 0) is 24.3 Å². The second-order valence-corrected chi connectivity index (χ2v) is 6.47. The van der Waals surface area contributed by atoms with Crippen molar-refractivity contribution in [2.45, 2.75) is 0 Å². The zero-order chi connectivity index (χ0) is 20.0. The first-order valence-corrected chi connectivity index (χ1v) is 8.87. The van der Waals surface area contributed by atoms with Gasteiger partial charge in [-0.3, -0.25) is 14.3 Å². The lowest BCUT2D eigenvalue weighted by atomic mass is 10.1. The molecule has 1 N–H and O–H groups in total. The van der Waals surface area contributed by atoms with Gasteiger partial charge < -0.3 is 14.8 Å². The minimum atomic E-state index is -0.388. The molecule has 0 saturated carbocycles. The maximum Gasteiger partial charge on any atom is 0.261 e. The molecule has 8 heteroatoms. The van der Waals surface area contributed by atoms with Crippen molar-refractivity contribution < 1.29 is 18.7 Å². The van der Waals surface area contributed by atoms with Gasteiger partial charge in [0, 0.05) is 23.9 Å². The smallest absolute Gasteiger partial charge is 0.261 e. The number of carbonyl (C=O) groups excluding carboxylic acids is 1. The van der Waals surface area contributed by atoms with E-state index in [2.05, 4.69) is 15.3 Å². The molecule has 0 saturated heterocycles. The van der Waals surface area contributed by atoms with Gasteiger partial charge in [-0.2, -0.15) is 0 Å². The number of pyridine rings is 1. The van der Waals surface area contributed by atoms with Crippen molar-refractivity contribution in [1.29, 1.82) is 0 Å². The van der Waals surface area contributed by atoms with E-state index >= 15 is 0 Å². The molecule has 2 aromatic heterocycles. The third-order valence-electron chi connectivity index (χ3n) is 4.82. The Morgan fingerprint density at radius 3 is 2.93 bits per heavy atom. The molecule has 0 unspecified atom stereocenters. The molecule has 0 spiro atoms. The predicted molar refractivity (Wildman–Crippen MR) is 104 cm³/mol. The monoisotopic (exact) mass is 390 g/mol. The number of aromatic nitrogens is 3. The Hall–Kier alpha value is -3.94. The predicted octanol–water partition coefficient (Wildman–Crippen LogP) is 3.31. The van der Waals surface area contributed by atoms with Crippen LogP contribution in [0.2, 0.25) is 0 Å². The number of methoxy groups -OCH3 is 1. The van der Waals surface area contributed by atoms with E-state index in [0.29, 0.717) is 28.1 Å². The number of hydrogen-bond acceptors (Lipinski definition) is 5. The summed E-state index contributed by atoms with van der Waals surface area (Å²) in [6, 6.07) is 11.9. The zero-order valence-corrected chi connectivity index (χ0v) is 15.3. The fourth-order valence-corrected chi connectivity index (χ4v) is 3.45. The lowest BCUT2D eigenvalue weighted by Gasteiger charge is -2.21. The molecule has 0 aliphatic carbocycles. The first-order valence-electron chi connectivity index (χ1n) is 8.87. The molecule has 29 heavy (non-hydrogen) atoms. The summed E-state index contributed by atoms with van der Waals surface area (Å²) in [5.41, 5.74) is 3.51. The van der Waals surface area contributed by atoms with E-state index in [1.165, 1.54) is 13.2 Å². The van der Waals surface area contributed by atoms with Gasteiger partial charge in [-0.1, -0.05) is 6.07 Å². The van der Waals surface area contributed by atoms with Crippen LogP contribution >= 0.6 is 0 Å². The molecule has 4 aromatic rings. The highest BCUT2D eigenvalue weighted by molar-refractivity contribution is 6.01. The van der Waals surface area contributed by atoms with E-state index in [1.807, 2.05) is 10.6 Å². The molecule has 0 bridgehead atoms. The van der Waals surface area contributed by atoms with Gasteiger partial charge in [-0.15, -0.1) is 0 Å². The number of ether oxygens (including phenoxy) is 2. The molecule has 1 amide bonds. The molecule has 144 valence electrons. The number of carbonyl (C=O) groups is 1. The summed E-state index contributed by atoms with van der Waals surface area (Å²) < 4.78 is 26.9. The summed E-state index contributed by atoms with van der Waals surface area (Å²) in [6.45, 7) is 0.0993. The lowest BCUT2D eigenvalue weighted by Crippen LogP contribution is -2.33. The van der Waals surface area contributed by atoms with E-state index in [0.717, 1.165) is 11.2 Å². The van der Waals surface area contributed by atoms with Crippen LogP contribution in [0.5, 0.6) is 11.5 Å². The van der Waals surface area contributed by atoms with Crippen LogP contribution in [0.15, 0.2) is 55.0 Å². The second kappa shape index (κ2) is 6.59. The number of imidazole rings is 1. The lowest BCUT2D eigenvalue weighted by molar-refractivity contribution is 0.0879. The van der Waals surface area contributed by atoms with Crippen LogP contribution in [-0.2, 0) is 0 Å². The number of hydrogen-bond donors (Lipinski definition) is 1. The van der Waals surface area contributed by atoms with E-state index in [9.17, 15) is 9.18 Å². The second-order valence-electron chi connectivity index (χ2n) is 6.47. The Morgan fingerprint density at radius 1 is 1.21 bits per heavy atom. The molecular formula is C21H15FN4O3. The fraction of sp³-hybridized carbons (Fsp3) is 0.0952. The van der Waals surface area contributed by atoms with Crippen LogP contribution in [0.25, 0.3) is 28.0 Å². The average molecular weight is 390 g/mol. The normalized spacial score (nSPS) is 13.0. The Kier molecular flexibility index (Phi) is 3.90. The number of nitrogens with zero attached hydrogens (tertiary/aromatic N) is 3. The first kappa shape index (κ1) is 17.2. The molecular weight excluding hydrogens is 375 g/mol. The van der Waals surface area contributed by atoms with Crippen molar-refractivity contribution in [2.24, 2.45) is 0 Å². The maximum absolute atomic E-state index is 14.1. The van der Waals surface area contributed by atoms with Crippen molar-refractivity contribution in [2.75, 3.05) is 13.8 Å². The van der Waals surface area contributed by atoms with Crippen molar-refractivity contribution in [3.8, 4) is 28.4 Å². The third-order valence-corrected chi connectivity index (χ3v) is 4.82. The van der Waals surface area contributed by atoms with Crippen LogP contribution < -0.4 is 14.8 Å². The molecule has 0 fully saturated rings. The number of benzene rings is 2. The fourth-order valence-electron chi connectivity index (χ4n) is 3.45. The molecule has 1 aliphatic heterocycles. The highest BCUT2D eigenvalue weighted by atomic mass is 19.1. The van der Waals surface area contributed by atoms with E-state index < -0.39 is 0 Å². The summed E-state index contributed by atoms with van der Waals surface area (Å²) in [7, 11) is 1.50. The molecule has 5 rings (SSSR count). The standard InChI is InChI=1S/C21H15FN4O3/c1-28-17-8-13(9-18-19(17)21(27)25-11-29-18)26-10-24-15-7-12(4-5-16(15)26)20-14(22)3-2-6-23-20/h2-10H,11H2,1H3,(H,25,27). The van der Waals surface area contributed by atoms with Crippen LogP contribution in [0, 0.1) is 5.82 Å². The number of rotatable bonds is 3. The van der Waals surface area contributed by atoms with Gasteiger partial charge in [-0.25, -0.2) is 9.37 Å². The van der Waals surface area contributed by atoms with Crippen molar-refractivity contribution in [3.63, 3.8) is 0 Å². The van der Waals surface area contributed by atoms with Gasteiger partial charge in [0.15, 0.2) is 6.73 Å². The van der Waals surface area contributed by atoms with Gasteiger partial charge in [0.1, 0.15) is 34.9 Å². The number of halogens is 1. The van der Waals surface area contributed by atoms with Crippen LogP contribution in [0.3, 0.4) is 0 Å². The van der Waals surface area contributed by atoms with E-state index in [4.69, 9.17) is 9.47 Å². The van der Waals surface area contributed by atoms with Gasteiger partial charge in [0.2, 0.25) is 0 Å². The van der Waals surface area contributed by atoms with Crippen molar-refractivity contribution in [3.05, 3.63) is 66.4 Å². The quantitative estimate of drug-likeness (QED) is 0.581. The van der Waals surface area contributed by atoms with Crippen LogP contribution in [0.4, 0.5) is 4.39 Å². The largest absolute Gasteiger partial charge is 0.496 e. The number of nitrogens with one attached hydrogen (secondary N) is 1. The highest BCUT2D eigenvalue weighted by Crippen LogP contribution is 2.35. The zero-order valence-electron chi connectivity index (χ0n) is 15.3. The van der Waals surface area contributed by atoms with Crippen molar-refractivity contribution >= 4 is 16.9 Å². The first-order chi connectivity index (χ1) is 14.2. The third kappa shape index (κ3) is 2.77. The molecule has 7 nitrogen and oxygen atoms in total. The van der Waals surface area contributed by atoms with E-state index in [-0.39, 0.29) is 24.1 Å². The summed E-state index contributed by atoms with van der Waals surface area (Å²) in [5.74, 6) is 0.217. The van der Waals surface area contributed by atoms with Gasteiger partial charge in [0.05, 0.1) is 23.8 Å². The minimum Gasteiger partial charge on any atom is -0.496 e. The van der Waals surface area contributed by atoms with Crippen LogP contribution in [0.1, 0.15) is 10.4 Å². The van der Waals surface area contributed by atoms with Crippen LogP contribution in [-0.4, -0.2) is 34.3 Å². The van der Waals surface area contributed by atoms with E-state index in [1.54, 1.807) is 42.9 Å². The topological polar surface area (TPSA) is 78.3 Å². The molecule has 0 radical (unpaired) electrons. The van der Waals surface area contributed by atoms with Gasteiger partial charge in [0.25, 0.3) is 5.91 Å². The molecule has 0 atom stereocenters. The number of amides is 1. The summed E-state index contributed by atoms with van der Waals surface area (Å²) in [4.78, 5) is 20.7. The summed E-state index contributed by atoms with van der Waals surface area (Å²) in [5, 5.41) is 2.63. The Bertz CT molecular complexity index is 1250. The van der Waals surface area contributed by atoms with Crippen molar-refractivity contribution in [1.82, 2.24) is 19.9 Å². The Morgan fingerprint density at radius 2 is 2.10 bits per heavy atom. The summed E-state index contributed by atoms with van der Waals surface area (Å²) in [6.07, 6.45) is 3.21. The molecule has 2 aromatic carbocycles. The Balaban J connectivity index is 1.63. The maximum atomic E-state index is 14.1. The molecule has 1 aliphatic rings. The van der Waals surface area contributed by atoms with Gasteiger partial charge >= 0.3 is 0 Å². The molecule has 3 heterocycles. The SMILES string of the molecule is COc1cc(-n2cnc3cc(-c4ncccc4F)ccc32)cc2c1C(=O)NCO2. The minimum absolute atomic E-state index is 0.0993. The average Bonchev–Trinajstić information content (AvgIpc) is 3.16. The Labute approximate surface area is 164 Å². The number of fused-ring (bicyclic) bond motifs is 2.